The minimum atomic E-state index is -3.49. The molecule has 0 saturated carbocycles. The molecule has 0 spiro atoms. The second-order valence-corrected chi connectivity index (χ2v) is 7.81. The van der Waals surface area contributed by atoms with E-state index in [9.17, 15) is 18.0 Å². The maximum atomic E-state index is 12.2. The van der Waals surface area contributed by atoms with Crippen molar-refractivity contribution < 1.29 is 22.7 Å². The molecule has 0 fully saturated rings. The first-order valence-electron chi connectivity index (χ1n) is 8.12. The van der Waals surface area contributed by atoms with Crippen LogP contribution in [0.1, 0.15) is 22.3 Å². The van der Waals surface area contributed by atoms with Gasteiger partial charge in [0, 0.05) is 37.6 Å². The Morgan fingerprint density at radius 2 is 2.00 bits per heavy atom. The van der Waals surface area contributed by atoms with Gasteiger partial charge in [0.15, 0.2) is 0 Å². The maximum Gasteiger partial charge on any atom is 0.337 e. The molecule has 1 aromatic heterocycles. The monoisotopic (exact) mass is 391 g/mol. The Morgan fingerprint density at radius 3 is 2.63 bits per heavy atom. The number of carbonyl (C=O) groups excluding carboxylic acids is 2. The van der Waals surface area contributed by atoms with E-state index < -0.39 is 16.0 Å². The normalized spacial score (nSPS) is 11.2. The fourth-order valence-corrected chi connectivity index (χ4v) is 3.16. The number of ether oxygens (including phenoxy) is 1. The van der Waals surface area contributed by atoms with E-state index in [1.807, 2.05) is 0 Å². The molecule has 0 aliphatic carbocycles. The van der Waals surface area contributed by atoms with Crippen LogP contribution in [0, 0.1) is 0 Å². The van der Waals surface area contributed by atoms with Gasteiger partial charge in [0.25, 0.3) is 0 Å². The highest BCUT2D eigenvalue weighted by Gasteiger charge is 2.18. The summed E-state index contributed by atoms with van der Waals surface area (Å²) in [6.07, 6.45) is 4.25. The number of nitrogens with zero attached hydrogens (tertiary/aromatic N) is 2. The topological polar surface area (TPSA) is 106 Å². The number of aromatic nitrogens is 1. The molecule has 0 bridgehead atoms. The highest BCUT2D eigenvalue weighted by Crippen LogP contribution is 2.13. The molecular formula is C18H21N3O5S. The standard InChI is InChI=1S/C18H21N3O5S/c1-26-18(23)15-6-3-7-16(11-15)20-17(22)8-10-21(27(2,24)25)13-14-5-4-9-19-12-14/h3-7,9,11-12H,8,10,13H2,1-2H3,(H,20,22). The van der Waals surface area contributed by atoms with E-state index in [4.69, 9.17) is 0 Å². The molecule has 144 valence electrons. The molecule has 2 rings (SSSR count). The van der Waals surface area contributed by atoms with Crippen LogP contribution in [0.3, 0.4) is 0 Å². The fraction of sp³-hybridized carbons (Fsp3) is 0.278. The summed E-state index contributed by atoms with van der Waals surface area (Å²) in [6, 6.07) is 9.80. The summed E-state index contributed by atoms with van der Waals surface area (Å²) < 4.78 is 29.8. The van der Waals surface area contributed by atoms with Crippen molar-refractivity contribution >= 4 is 27.6 Å². The fourth-order valence-electron chi connectivity index (χ4n) is 2.35. The molecule has 9 heteroatoms. The van der Waals surface area contributed by atoms with Crippen LogP contribution in [-0.2, 0) is 26.1 Å². The van der Waals surface area contributed by atoms with Crippen LogP contribution in [0.25, 0.3) is 0 Å². The van der Waals surface area contributed by atoms with Crippen molar-refractivity contribution in [3.63, 3.8) is 0 Å². The van der Waals surface area contributed by atoms with Gasteiger partial charge in [-0.2, -0.15) is 4.31 Å². The lowest BCUT2D eigenvalue weighted by Crippen LogP contribution is -2.32. The van der Waals surface area contributed by atoms with Gasteiger partial charge in [-0.05, 0) is 29.8 Å². The Hall–Kier alpha value is -2.78. The molecule has 8 nitrogen and oxygen atoms in total. The third-order valence-corrected chi connectivity index (χ3v) is 4.96. The summed E-state index contributed by atoms with van der Waals surface area (Å²) in [7, 11) is -2.22. The Labute approximate surface area is 158 Å². The van der Waals surface area contributed by atoms with Crippen molar-refractivity contribution in [1.82, 2.24) is 9.29 Å². The van der Waals surface area contributed by atoms with Crippen LogP contribution in [0.15, 0.2) is 48.8 Å². The van der Waals surface area contributed by atoms with E-state index in [0.29, 0.717) is 11.3 Å². The number of hydrogen-bond donors (Lipinski definition) is 1. The molecule has 1 amide bonds. The number of methoxy groups -OCH3 is 1. The lowest BCUT2D eigenvalue weighted by molar-refractivity contribution is -0.116. The number of carbonyl (C=O) groups is 2. The average molecular weight is 391 g/mol. The van der Waals surface area contributed by atoms with Gasteiger partial charge in [0.1, 0.15) is 0 Å². The van der Waals surface area contributed by atoms with Crippen LogP contribution in [0.2, 0.25) is 0 Å². The predicted octanol–water partition coefficient (Wildman–Crippen LogP) is 1.66. The molecule has 1 N–H and O–H groups in total. The number of benzene rings is 1. The number of esters is 1. The summed E-state index contributed by atoms with van der Waals surface area (Å²) >= 11 is 0. The molecule has 0 unspecified atom stereocenters. The third kappa shape index (κ3) is 6.46. The van der Waals surface area contributed by atoms with Gasteiger partial charge in [-0.1, -0.05) is 12.1 Å². The number of sulfonamides is 1. The highest BCUT2D eigenvalue weighted by molar-refractivity contribution is 7.88. The van der Waals surface area contributed by atoms with Crippen LogP contribution in [0.5, 0.6) is 0 Å². The number of amides is 1. The van der Waals surface area contributed by atoms with Gasteiger partial charge in [-0.25, -0.2) is 13.2 Å². The maximum absolute atomic E-state index is 12.2. The van der Waals surface area contributed by atoms with E-state index in [0.717, 1.165) is 11.8 Å². The molecule has 0 aliphatic rings. The van der Waals surface area contributed by atoms with Gasteiger partial charge >= 0.3 is 5.97 Å². The van der Waals surface area contributed by atoms with E-state index in [1.165, 1.54) is 17.5 Å². The Morgan fingerprint density at radius 1 is 1.22 bits per heavy atom. The zero-order chi connectivity index (χ0) is 19.9. The van der Waals surface area contributed by atoms with E-state index in [-0.39, 0.29) is 25.4 Å². The van der Waals surface area contributed by atoms with Gasteiger partial charge < -0.3 is 10.1 Å². The van der Waals surface area contributed by atoms with E-state index >= 15 is 0 Å². The van der Waals surface area contributed by atoms with Crippen LogP contribution >= 0.6 is 0 Å². The first-order valence-corrected chi connectivity index (χ1v) is 9.96. The van der Waals surface area contributed by atoms with Gasteiger partial charge in [-0.15, -0.1) is 0 Å². The first-order chi connectivity index (χ1) is 12.8. The number of anilines is 1. The minimum absolute atomic E-state index is 0.0241. The summed E-state index contributed by atoms with van der Waals surface area (Å²) in [4.78, 5) is 27.7. The first kappa shape index (κ1) is 20.5. The van der Waals surface area contributed by atoms with Crippen molar-refractivity contribution in [1.29, 1.82) is 0 Å². The lowest BCUT2D eigenvalue weighted by atomic mass is 10.2. The Balaban J connectivity index is 1.98. The van der Waals surface area contributed by atoms with E-state index in [1.54, 1.807) is 42.7 Å². The summed E-state index contributed by atoms with van der Waals surface area (Å²) in [5.74, 6) is -0.873. The molecule has 0 saturated heterocycles. The van der Waals surface area contributed by atoms with Crippen molar-refractivity contribution in [2.75, 3.05) is 25.2 Å². The quantitative estimate of drug-likeness (QED) is 0.686. The van der Waals surface area contributed by atoms with Crippen molar-refractivity contribution in [3.8, 4) is 0 Å². The number of pyridine rings is 1. The molecule has 2 aromatic rings. The van der Waals surface area contributed by atoms with Gasteiger partial charge in [0.05, 0.1) is 18.9 Å². The molecule has 1 heterocycles. The Kier molecular flexibility index (Phi) is 7.03. The molecule has 1 aromatic carbocycles. The average Bonchev–Trinajstić information content (AvgIpc) is 2.64. The minimum Gasteiger partial charge on any atom is -0.465 e. The smallest absolute Gasteiger partial charge is 0.337 e. The van der Waals surface area contributed by atoms with Gasteiger partial charge in [0.2, 0.25) is 15.9 Å². The summed E-state index contributed by atoms with van der Waals surface area (Å²) in [6.45, 7) is 0.161. The molecule has 0 radical (unpaired) electrons. The van der Waals surface area contributed by atoms with Crippen LogP contribution in [0.4, 0.5) is 5.69 Å². The molecule has 0 aliphatic heterocycles. The van der Waals surface area contributed by atoms with Crippen molar-refractivity contribution in [3.05, 3.63) is 59.9 Å². The van der Waals surface area contributed by atoms with Crippen LogP contribution in [-0.4, -0.2) is 49.5 Å². The lowest BCUT2D eigenvalue weighted by Gasteiger charge is -2.19. The number of hydrogen-bond acceptors (Lipinski definition) is 6. The zero-order valence-electron chi connectivity index (χ0n) is 15.1. The predicted molar refractivity (Wildman–Crippen MR) is 101 cm³/mol. The van der Waals surface area contributed by atoms with Crippen molar-refractivity contribution in [2.24, 2.45) is 0 Å². The van der Waals surface area contributed by atoms with Gasteiger partial charge in [-0.3, -0.25) is 9.78 Å². The molecule has 27 heavy (non-hydrogen) atoms. The van der Waals surface area contributed by atoms with Crippen LogP contribution < -0.4 is 5.32 Å². The Bertz CT molecular complexity index is 900. The second-order valence-electron chi connectivity index (χ2n) is 5.83. The summed E-state index contributed by atoms with van der Waals surface area (Å²) in [5.41, 5.74) is 1.47. The largest absolute Gasteiger partial charge is 0.465 e. The second kappa shape index (κ2) is 9.24. The number of rotatable bonds is 8. The molecular weight excluding hydrogens is 370 g/mol. The van der Waals surface area contributed by atoms with E-state index in [2.05, 4.69) is 15.0 Å². The summed E-state index contributed by atoms with van der Waals surface area (Å²) in [5, 5.41) is 2.65. The SMILES string of the molecule is COC(=O)c1cccc(NC(=O)CCN(Cc2cccnc2)S(C)(=O)=O)c1. The molecule has 0 atom stereocenters. The zero-order valence-corrected chi connectivity index (χ0v) is 15.9. The third-order valence-electron chi connectivity index (χ3n) is 3.71. The van der Waals surface area contributed by atoms with Crippen molar-refractivity contribution in [2.45, 2.75) is 13.0 Å². The number of nitrogens with one attached hydrogen (secondary N) is 1. The highest BCUT2D eigenvalue weighted by atomic mass is 32.2.